The van der Waals surface area contributed by atoms with Crippen molar-refractivity contribution in [2.75, 3.05) is 12.0 Å². The van der Waals surface area contributed by atoms with Crippen LogP contribution in [0, 0.1) is 0 Å². The Morgan fingerprint density at radius 2 is 2.15 bits per heavy atom. The summed E-state index contributed by atoms with van der Waals surface area (Å²) in [6, 6.07) is 7.14. The molecule has 0 fully saturated rings. The summed E-state index contributed by atoms with van der Waals surface area (Å²) in [5, 5.41) is 20.3. The van der Waals surface area contributed by atoms with E-state index in [9.17, 15) is 9.59 Å². The van der Waals surface area contributed by atoms with E-state index in [0.717, 1.165) is 16.3 Å². The monoisotopic (exact) mass is 404 g/mol. The number of fused-ring (bicyclic) bond motifs is 1. The molecule has 142 valence electrons. The standard InChI is InChI=1S/C17H20N6O2S2/c1-11(24)19-13(7-9-26-2)17(25)18-10-16-21-20-15-6-5-12(22-23(15)16)14-4-3-8-27-14/h3-6,8,13H,7,9-10H2,1-2H3,(H,18,25)(H,19,24)/t13-/m0/s1. The third kappa shape index (κ3) is 4.83. The number of nitrogens with zero attached hydrogens (tertiary/aromatic N) is 4. The van der Waals surface area contributed by atoms with Crippen LogP contribution in [0.25, 0.3) is 16.2 Å². The smallest absolute Gasteiger partial charge is 0.242 e. The average molecular weight is 405 g/mol. The lowest BCUT2D eigenvalue weighted by atomic mass is 10.2. The lowest BCUT2D eigenvalue weighted by Gasteiger charge is -2.16. The first-order valence-electron chi connectivity index (χ1n) is 8.37. The van der Waals surface area contributed by atoms with Crippen molar-refractivity contribution in [3.05, 3.63) is 35.5 Å². The predicted octanol–water partition coefficient (Wildman–Crippen LogP) is 1.73. The molecule has 2 N–H and O–H groups in total. The maximum absolute atomic E-state index is 12.5. The number of hydrogen-bond donors (Lipinski definition) is 2. The molecule has 0 saturated heterocycles. The number of hydrogen-bond acceptors (Lipinski definition) is 7. The number of carbonyl (C=O) groups is 2. The molecule has 0 radical (unpaired) electrons. The van der Waals surface area contributed by atoms with Gasteiger partial charge in [0.2, 0.25) is 11.8 Å². The van der Waals surface area contributed by atoms with Crippen LogP contribution in [0.2, 0.25) is 0 Å². The van der Waals surface area contributed by atoms with Crippen LogP contribution < -0.4 is 10.6 Å². The van der Waals surface area contributed by atoms with Crippen molar-refractivity contribution in [2.45, 2.75) is 25.9 Å². The van der Waals surface area contributed by atoms with Crippen molar-refractivity contribution in [3.8, 4) is 10.6 Å². The Labute approximate surface area is 164 Å². The number of thiophene rings is 1. The van der Waals surface area contributed by atoms with Gasteiger partial charge in [-0.05, 0) is 42.0 Å². The fraction of sp³-hybridized carbons (Fsp3) is 0.353. The summed E-state index contributed by atoms with van der Waals surface area (Å²) in [7, 11) is 0. The van der Waals surface area contributed by atoms with Crippen LogP contribution in [-0.4, -0.2) is 49.7 Å². The number of nitrogens with one attached hydrogen (secondary N) is 2. The SMILES string of the molecule is CSCC[C@H](NC(C)=O)C(=O)NCc1nnc2ccc(-c3cccs3)nn12. The minimum Gasteiger partial charge on any atom is -0.347 e. The highest BCUT2D eigenvalue weighted by atomic mass is 32.2. The minimum absolute atomic E-state index is 0.177. The van der Waals surface area contributed by atoms with Gasteiger partial charge in [-0.25, -0.2) is 0 Å². The van der Waals surface area contributed by atoms with E-state index in [-0.39, 0.29) is 18.4 Å². The summed E-state index contributed by atoms with van der Waals surface area (Å²) in [6.07, 6.45) is 2.52. The minimum atomic E-state index is -0.566. The van der Waals surface area contributed by atoms with Gasteiger partial charge in [-0.1, -0.05) is 6.07 Å². The first-order valence-corrected chi connectivity index (χ1v) is 10.6. The van der Waals surface area contributed by atoms with E-state index in [1.807, 2.05) is 35.9 Å². The maximum atomic E-state index is 12.5. The van der Waals surface area contributed by atoms with E-state index in [1.54, 1.807) is 27.6 Å². The molecule has 27 heavy (non-hydrogen) atoms. The van der Waals surface area contributed by atoms with Gasteiger partial charge >= 0.3 is 0 Å². The number of rotatable bonds is 8. The van der Waals surface area contributed by atoms with Gasteiger partial charge in [-0.3, -0.25) is 9.59 Å². The number of carbonyl (C=O) groups excluding carboxylic acids is 2. The quantitative estimate of drug-likeness (QED) is 0.593. The molecule has 10 heteroatoms. The Morgan fingerprint density at radius 3 is 2.85 bits per heavy atom. The molecule has 0 aliphatic carbocycles. The fourth-order valence-electron chi connectivity index (χ4n) is 2.54. The van der Waals surface area contributed by atoms with Gasteiger partial charge in [0.1, 0.15) is 11.7 Å². The first-order chi connectivity index (χ1) is 13.1. The van der Waals surface area contributed by atoms with Gasteiger partial charge < -0.3 is 10.6 Å². The van der Waals surface area contributed by atoms with E-state index in [0.29, 0.717) is 17.9 Å². The van der Waals surface area contributed by atoms with Gasteiger partial charge in [0, 0.05) is 6.92 Å². The molecule has 0 aliphatic rings. The Hall–Kier alpha value is -2.46. The Balaban J connectivity index is 1.73. The van der Waals surface area contributed by atoms with Crippen molar-refractivity contribution in [3.63, 3.8) is 0 Å². The summed E-state index contributed by atoms with van der Waals surface area (Å²) >= 11 is 3.23. The molecule has 0 aromatic carbocycles. The molecule has 0 unspecified atom stereocenters. The fourth-order valence-corrected chi connectivity index (χ4v) is 3.70. The molecule has 0 aliphatic heterocycles. The largest absolute Gasteiger partial charge is 0.347 e. The molecule has 3 aromatic rings. The molecule has 3 aromatic heterocycles. The number of thioether (sulfide) groups is 1. The molecule has 2 amide bonds. The molecule has 8 nitrogen and oxygen atoms in total. The van der Waals surface area contributed by atoms with Crippen LogP contribution in [0.1, 0.15) is 19.2 Å². The van der Waals surface area contributed by atoms with Crippen molar-refractivity contribution in [1.82, 2.24) is 30.4 Å². The van der Waals surface area contributed by atoms with Crippen molar-refractivity contribution >= 4 is 40.6 Å². The molecular formula is C17H20N6O2S2. The number of aromatic nitrogens is 4. The molecule has 1 atom stereocenters. The zero-order valence-electron chi connectivity index (χ0n) is 15.0. The van der Waals surface area contributed by atoms with Gasteiger partial charge in [0.25, 0.3) is 0 Å². The lowest BCUT2D eigenvalue weighted by molar-refractivity contribution is -0.128. The maximum Gasteiger partial charge on any atom is 0.242 e. The Morgan fingerprint density at radius 1 is 1.30 bits per heavy atom. The summed E-state index contributed by atoms with van der Waals surface area (Å²) < 4.78 is 1.63. The normalized spacial score (nSPS) is 12.1. The second-order valence-electron chi connectivity index (χ2n) is 5.83. The molecule has 3 rings (SSSR count). The summed E-state index contributed by atoms with van der Waals surface area (Å²) in [6.45, 7) is 1.58. The van der Waals surface area contributed by atoms with E-state index >= 15 is 0 Å². The highest BCUT2D eigenvalue weighted by Gasteiger charge is 2.19. The Kier molecular flexibility index (Phi) is 6.40. The second kappa shape index (κ2) is 8.96. The summed E-state index contributed by atoms with van der Waals surface area (Å²) in [5.74, 6) is 0.831. The summed E-state index contributed by atoms with van der Waals surface area (Å²) in [5.41, 5.74) is 1.43. The predicted molar refractivity (Wildman–Crippen MR) is 107 cm³/mol. The third-order valence-electron chi connectivity index (χ3n) is 3.83. The van der Waals surface area contributed by atoms with Crippen LogP contribution in [-0.2, 0) is 16.1 Å². The molecular weight excluding hydrogens is 384 g/mol. The van der Waals surface area contributed by atoms with E-state index < -0.39 is 6.04 Å². The van der Waals surface area contributed by atoms with E-state index in [1.165, 1.54) is 6.92 Å². The molecule has 0 spiro atoms. The van der Waals surface area contributed by atoms with Crippen LogP contribution in [0.3, 0.4) is 0 Å². The van der Waals surface area contributed by atoms with Crippen molar-refractivity contribution in [2.24, 2.45) is 0 Å². The van der Waals surface area contributed by atoms with E-state index in [4.69, 9.17) is 0 Å². The van der Waals surface area contributed by atoms with Gasteiger partial charge in [-0.2, -0.15) is 21.4 Å². The third-order valence-corrected chi connectivity index (χ3v) is 5.36. The lowest BCUT2D eigenvalue weighted by Crippen LogP contribution is -2.46. The zero-order valence-corrected chi connectivity index (χ0v) is 16.6. The van der Waals surface area contributed by atoms with Crippen molar-refractivity contribution < 1.29 is 9.59 Å². The topological polar surface area (TPSA) is 101 Å². The molecule has 0 saturated carbocycles. The van der Waals surface area contributed by atoms with Crippen LogP contribution in [0.5, 0.6) is 0 Å². The zero-order chi connectivity index (χ0) is 19.2. The summed E-state index contributed by atoms with van der Waals surface area (Å²) in [4.78, 5) is 24.8. The van der Waals surface area contributed by atoms with Crippen LogP contribution >= 0.6 is 23.1 Å². The first kappa shape index (κ1) is 19.3. The van der Waals surface area contributed by atoms with Crippen molar-refractivity contribution in [1.29, 1.82) is 0 Å². The average Bonchev–Trinajstić information content (AvgIpc) is 3.32. The molecule has 0 bridgehead atoms. The second-order valence-corrected chi connectivity index (χ2v) is 7.77. The van der Waals surface area contributed by atoms with Crippen LogP contribution in [0.15, 0.2) is 29.6 Å². The van der Waals surface area contributed by atoms with Gasteiger partial charge in [0.15, 0.2) is 11.5 Å². The number of amides is 2. The Bertz CT molecular complexity index is 925. The highest BCUT2D eigenvalue weighted by Crippen LogP contribution is 2.22. The highest BCUT2D eigenvalue weighted by molar-refractivity contribution is 7.98. The van der Waals surface area contributed by atoms with Gasteiger partial charge in [-0.15, -0.1) is 21.5 Å². The van der Waals surface area contributed by atoms with Gasteiger partial charge in [0.05, 0.1) is 11.4 Å². The molecule has 3 heterocycles. The van der Waals surface area contributed by atoms with E-state index in [2.05, 4.69) is 25.9 Å². The van der Waals surface area contributed by atoms with Crippen LogP contribution in [0.4, 0.5) is 0 Å².